The molecule has 1 saturated heterocycles. The predicted octanol–water partition coefficient (Wildman–Crippen LogP) is -1.28. The van der Waals surface area contributed by atoms with Crippen molar-refractivity contribution in [1.82, 2.24) is 20.1 Å². The quantitative estimate of drug-likeness (QED) is 0.510. The molecule has 2 rings (SSSR count). The van der Waals surface area contributed by atoms with E-state index in [4.69, 9.17) is 0 Å². The maximum Gasteiger partial charge on any atom is 0.343 e. The minimum atomic E-state index is -0.119. The van der Waals surface area contributed by atoms with Crippen molar-refractivity contribution in [2.45, 2.75) is 6.04 Å². The molecule has 5 nitrogen and oxygen atoms in total. The van der Waals surface area contributed by atoms with Gasteiger partial charge in [-0.3, -0.25) is 4.57 Å². The van der Waals surface area contributed by atoms with Crippen LogP contribution in [-0.2, 0) is 0 Å². The number of nitrogens with zero attached hydrogens (tertiary/aromatic N) is 2. The molecule has 1 aromatic rings. The van der Waals surface area contributed by atoms with E-state index >= 15 is 0 Å². The minimum absolute atomic E-state index is 0.119. The monoisotopic (exact) mass is 140 g/mol. The summed E-state index contributed by atoms with van der Waals surface area (Å²) in [5.41, 5.74) is -0.119. The van der Waals surface area contributed by atoms with Gasteiger partial charge in [-0.15, -0.1) is 0 Å². The van der Waals surface area contributed by atoms with E-state index in [0.29, 0.717) is 6.04 Å². The van der Waals surface area contributed by atoms with E-state index in [1.165, 1.54) is 6.33 Å². The van der Waals surface area contributed by atoms with Gasteiger partial charge in [0.25, 0.3) is 0 Å². The summed E-state index contributed by atoms with van der Waals surface area (Å²) in [5, 5.41) is 9.05. The van der Waals surface area contributed by atoms with Crippen LogP contribution in [-0.4, -0.2) is 27.9 Å². The third-order valence-electron chi connectivity index (χ3n) is 1.73. The van der Waals surface area contributed by atoms with Crippen LogP contribution in [0.25, 0.3) is 0 Å². The number of aromatic nitrogens is 3. The van der Waals surface area contributed by atoms with Crippen LogP contribution < -0.4 is 11.0 Å². The highest BCUT2D eigenvalue weighted by Crippen LogP contribution is 2.05. The first-order valence-electron chi connectivity index (χ1n) is 3.20. The van der Waals surface area contributed by atoms with E-state index in [9.17, 15) is 4.79 Å². The number of hydrogen-bond donors (Lipinski definition) is 2. The second-order valence-electron chi connectivity index (χ2n) is 2.38. The van der Waals surface area contributed by atoms with E-state index < -0.39 is 0 Å². The van der Waals surface area contributed by atoms with Crippen molar-refractivity contribution >= 4 is 0 Å². The van der Waals surface area contributed by atoms with Gasteiger partial charge in [0.15, 0.2) is 0 Å². The van der Waals surface area contributed by atoms with Gasteiger partial charge in [-0.1, -0.05) is 0 Å². The van der Waals surface area contributed by atoms with Crippen LogP contribution in [0.1, 0.15) is 6.04 Å². The molecule has 0 radical (unpaired) electrons. The molecule has 10 heavy (non-hydrogen) atoms. The lowest BCUT2D eigenvalue weighted by molar-refractivity contribution is 0.336. The Morgan fingerprint density at radius 3 is 2.90 bits per heavy atom. The van der Waals surface area contributed by atoms with E-state index in [-0.39, 0.29) is 5.69 Å². The molecule has 0 atom stereocenters. The third-order valence-corrected chi connectivity index (χ3v) is 1.73. The Morgan fingerprint density at radius 1 is 1.70 bits per heavy atom. The number of hydrogen-bond acceptors (Lipinski definition) is 3. The Morgan fingerprint density at radius 2 is 2.50 bits per heavy atom. The second kappa shape index (κ2) is 1.95. The van der Waals surface area contributed by atoms with Crippen molar-refractivity contribution in [2.24, 2.45) is 0 Å². The molecule has 1 aliphatic rings. The van der Waals surface area contributed by atoms with Crippen molar-refractivity contribution in [3.05, 3.63) is 16.8 Å². The van der Waals surface area contributed by atoms with E-state index in [1.54, 1.807) is 4.57 Å². The first kappa shape index (κ1) is 5.67. The van der Waals surface area contributed by atoms with Crippen LogP contribution in [0.5, 0.6) is 0 Å². The Hall–Kier alpha value is -1.10. The number of nitrogens with one attached hydrogen (secondary N) is 2. The fourth-order valence-corrected chi connectivity index (χ4v) is 0.987. The number of rotatable bonds is 1. The lowest BCUT2D eigenvalue weighted by Crippen LogP contribution is -2.46. The fourth-order valence-electron chi connectivity index (χ4n) is 0.987. The summed E-state index contributed by atoms with van der Waals surface area (Å²) >= 11 is 0. The lowest BCUT2D eigenvalue weighted by Gasteiger charge is -2.26. The van der Waals surface area contributed by atoms with Crippen molar-refractivity contribution in [3.63, 3.8) is 0 Å². The molecular formula is C5H8N4O. The molecule has 1 fully saturated rings. The topological polar surface area (TPSA) is 62.7 Å². The maximum atomic E-state index is 10.9. The highest BCUT2D eigenvalue weighted by Gasteiger charge is 2.19. The molecule has 0 unspecified atom stereocenters. The zero-order chi connectivity index (χ0) is 6.97. The van der Waals surface area contributed by atoms with Crippen molar-refractivity contribution in [1.29, 1.82) is 0 Å². The molecule has 2 N–H and O–H groups in total. The largest absolute Gasteiger partial charge is 0.343 e. The van der Waals surface area contributed by atoms with Gasteiger partial charge in [0.05, 0.1) is 6.04 Å². The van der Waals surface area contributed by atoms with Gasteiger partial charge in [-0.25, -0.2) is 9.89 Å². The van der Waals surface area contributed by atoms with Crippen LogP contribution in [0.4, 0.5) is 0 Å². The molecule has 0 aliphatic carbocycles. The van der Waals surface area contributed by atoms with E-state index in [2.05, 4.69) is 15.5 Å². The molecule has 5 heteroatoms. The highest BCUT2D eigenvalue weighted by atomic mass is 16.1. The summed E-state index contributed by atoms with van der Waals surface area (Å²) in [6.07, 6.45) is 1.54. The van der Waals surface area contributed by atoms with Crippen molar-refractivity contribution in [2.75, 3.05) is 13.1 Å². The van der Waals surface area contributed by atoms with Gasteiger partial charge in [-0.05, 0) is 0 Å². The molecule has 1 aliphatic heterocycles. The van der Waals surface area contributed by atoms with Gasteiger partial charge < -0.3 is 5.32 Å². The highest BCUT2D eigenvalue weighted by molar-refractivity contribution is 4.83. The van der Waals surface area contributed by atoms with Crippen LogP contribution in [0, 0.1) is 0 Å². The van der Waals surface area contributed by atoms with Crippen molar-refractivity contribution < 1.29 is 0 Å². The summed E-state index contributed by atoms with van der Waals surface area (Å²) in [6, 6.07) is 0.311. The fraction of sp³-hybridized carbons (Fsp3) is 0.600. The van der Waals surface area contributed by atoms with Crippen molar-refractivity contribution in [3.8, 4) is 0 Å². The molecule has 2 heterocycles. The average molecular weight is 140 g/mol. The van der Waals surface area contributed by atoms with Gasteiger partial charge in [0, 0.05) is 13.1 Å². The van der Waals surface area contributed by atoms with Crippen LogP contribution >= 0.6 is 0 Å². The molecular weight excluding hydrogens is 132 g/mol. The molecule has 0 amide bonds. The summed E-state index contributed by atoms with van der Waals surface area (Å²) in [5.74, 6) is 0. The van der Waals surface area contributed by atoms with E-state index in [1.807, 2.05) is 0 Å². The van der Waals surface area contributed by atoms with Gasteiger partial charge in [0.1, 0.15) is 6.33 Å². The second-order valence-corrected chi connectivity index (χ2v) is 2.38. The molecule has 0 aromatic carbocycles. The molecule has 54 valence electrons. The van der Waals surface area contributed by atoms with Crippen LogP contribution in [0.3, 0.4) is 0 Å². The normalized spacial score (nSPS) is 18.8. The Balaban J connectivity index is 2.32. The Kier molecular flexibility index (Phi) is 1.10. The number of aromatic amines is 1. The summed E-state index contributed by atoms with van der Waals surface area (Å²) in [6.45, 7) is 1.75. The molecule has 0 spiro atoms. The van der Waals surface area contributed by atoms with E-state index in [0.717, 1.165) is 13.1 Å². The standard InChI is InChI=1S/C5H8N4O/c10-5-8-7-3-9(5)4-1-6-2-4/h3-4,6H,1-2H2,(H,8,10). The molecule has 0 bridgehead atoms. The van der Waals surface area contributed by atoms with Crippen LogP contribution in [0.15, 0.2) is 11.1 Å². The summed E-state index contributed by atoms with van der Waals surface area (Å²) in [7, 11) is 0. The maximum absolute atomic E-state index is 10.9. The van der Waals surface area contributed by atoms with Crippen LogP contribution in [0.2, 0.25) is 0 Å². The lowest BCUT2D eigenvalue weighted by atomic mass is 10.2. The predicted molar refractivity (Wildman–Crippen MR) is 34.8 cm³/mol. The first-order valence-corrected chi connectivity index (χ1v) is 3.20. The van der Waals surface area contributed by atoms with Gasteiger partial charge >= 0.3 is 5.69 Å². The minimum Gasteiger partial charge on any atom is -0.313 e. The van der Waals surface area contributed by atoms with Gasteiger partial charge in [-0.2, -0.15) is 5.10 Å². The third kappa shape index (κ3) is 0.672. The Labute approximate surface area is 57.1 Å². The summed E-state index contributed by atoms with van der Waals surface area (Å²) in [4.78, 5) is 10.9. The first-order chi connectivity index (χ1) is 4.88. The smallest absolute Gasteiger partial charge is 0.313 e. The SMILES string of the molecule is O=c1[nH]ncn1C1CNC1. The number of H-pyrrole nitrogens is 1. The zero-order valence-electron chi connectivity index (χ0n) is 5.37. The molecule has 0 saturated carbocycles. The zero-order valence-corrected chi connectivity index (χ0v) is 5.37. The molecule has 1 aromatic heterocycles. The summed E-state index contributed by atoms with van der Waals surface area (Å²) < 4.78 is 1.61. The van der Waals surface area contributed by atoms with Gasteiger partial charge in [0.2, 0.25) is 0 Å². The average Bonchev–Trinajstić information content (AvgIpc) is 2.12. The Bertz CT molecular complexity index is 271.